The van der Waals surface area contributed by atoms with Crippen molar-refractivity contribution in [1.82, 2.24) is 14.8 Å². The van der Waals surface area contributed by atoms with Gasteiger partial charge in [-0.15, -0.1) is 0 Å². The maximum atomic E-state index is 13.4. The third-order valence-electron chi connectivity index (χ3n) is 5.86. The zero-order valence-electron chi connectivity index (χ0n) is 20.3. The van der Waals surface area contributed by atoms with Crippen LogP contribution in [0.1, 0.15) is 40.1 Å². The predicted octanol–water partition coefficient (Wildman–Crippen LogP) is 2.21. The smallest absolute Gasteiger partial charge is 0.259 e. The van der Waals surface area contributed by atoms with Crippen molar-refractivity contribution in [3.63, 3.8) is 0 Å². The summed E-state index contributed by atoms with van der Waals surface area (Å²) in [6.45, 7) is 4.24. The SMILES string of the molecule is COCC#Cc1cnc2c(c1)C(=O)N([C@@H](C)CO)C[C@@H](C)[C@H](CN(C)C(=O)c1ccc(F)cc1)O2. The summed E-state index contributed by atoms with van der Waals surface area (Å²) in [5.41, 5.74) is 1.12. The quantitative estimate of drug-likeness (QED) is 0.634. The first-order chi connectivity index (χ1) is 16.7. The second-order valence-corrected chi connectivity index (χ2v) is 8.63. The van der Waals surface area contributed by atoms with Crippen LogP contribution in [0.2, 0.25) is 0 Å². The zero-order valence-corrected chi connectivity index (χ0v) is 20.3. The Morgan fingerprint density at radius 3 is 2.77 bits per heavy atom. The molecule has 1 N–H and O–H groups in total. The molecule has 1 aromatic heterocycles. The molecule has 8 nitrogen and oxygen atoms in total. The molecule has 1 aliphatic heterocycles. The summed E-state index contributed by atoms with van der Waals surface area (Å²) in [4.78, 5) is 33.7. The van der Waals surface area contributed by atoms with E-state index in [4.69, 9.17) is 9.47 Å². The van der Waals surface area contributed by atoms with Crippen molar-refractivity contribution >= 4 is 11.8 Å². The van der Waals surface area contributed by atoms with Crippen LogP contribution in [0, 0.1) is 23.6 Å². The number of hydrogen-bond donors (Lipinski definition) is 1. The van der Waals surface area contributed by atoms with E-state index in [9.17, 15) is 19.1 Å². The van der Waals surface area contributed by atoms with Crippen LogP contribution in [-0.2, 0) is 4.74 Å². The topological polar surface area (TPSA) is 92.2 Å². The highest BCUT2D eigenvalue weighted by molar-refractivity contribution is 5.97. The van der Waals surface area contributed by atoms with Crippen LogP contribution in [0.25, 0.3) is 0 Å². The van der Waals surface area contributed by atoms with Gasteiger partial charge in [0.25, 0.3) is 11.8 Å². The Morgan fingerprint density at radius 2 is 2.11 bits per heavy atom. The van der Waals surface area contributed by atoms with Gasteiger partial charge in [-0.2, -0.15) is 0 Å². The first-order valence-corrected chi connectivity index (χ1v) is 11.3. The van der Waals surface area contributed by atoms with E-state index in [1.165, 1.54) is 42.5 Å². The van der Waals surface area contributed by atoms with Gasteiger partial charge in [0, 0.05) is 43.9 Å². The van der Waals surface area contributed by atoms with Crippen molar-refractivity contribution in [3.05, 3.63) is 59.0 Å². The molecule has 1 aliphatic rings. The minimum atomic E-state index is -0.498. The lowest BCUT2D eigenvalue weighted by Crippen LogP contribution is -2.50. The molecule has 0 radical (unpaired) electrons. The van der Waals surface area contributed by atoms with Crippen LogP contribution in [0.3, 0.4) is 0 Å². The first kappa shape index (κ1) is 26.1. The average molecular weight is 484 g/mol. The molecular weight excluding hydrogens is 453 g/mol. The van der Waals surface area contributed by atoms with Crippen molar-refractivity contribution in [3.8, 4) is 17.7 Å². The molecule has 2 heterocycles. The van der Waals surface area contributed by atoms with E-state index in [1.54, 1.807) is 24.9 Å². The number of fused-ring (bicyclic) bond motifs is 1. The van der Waals surface area contributed by atoms with Gasteiger partial charge in [0.2, 0.25) is 5.88 Å². The second-order valence-electron chi connectivity index (χ2n) is 8.63. The number of hydrogen-bond acceptors (Lipinski definition) is 6. The van der Waals surface area contributed by atoms with Crippen LogP contribution < -0.4 is 4.74 Å². The van der Waals surface area contributed by atoms with Crippen LogP contribution in [-0.4, -0.2) is 84.3 Å². The fraction of sp³-hybridized carbons (Fsp3) is 0.423. The van der Waals surface area contributed by atoms with Crippen LogP contribution >= 0.6 is 0 Å². The highest BCUT2D eigenvalue weighted by atomic mass is 19.1. The average Bonchev–Trinajstić information content (AvgIpc) is 2.86. The summed E-state index contributed by atoms with van der Waals surface area (Å²) >= 11 is 0. The monoisotopic (exact) mass is 483 g/mol. The molecule has 0 saturated carbocycles. The normalized spacial score (nSPS) is 18.3. The lowest BCUT2D eigenvalue weighted by Gasteiger charge is -2.37. The Balaban J connectivity index is 1.92. The largest absolute Gasteiger partial charge is 0.472 e. The fourth-order valence-corrected chi connectivity index (χ4v) is 3.76. The molecule has 3 rings (SSSR count). The second kappa shape index (κ2) is 11.8. The molecule has 0 bridgehead atoms. The molecular formula is C26H30FN3O5. The van der Waals surface area contributed by atoms with Gasteiger partial charge >= 0.3 is 0 Å². The van der Waals surface area contributed by atoms with Crippen LogP contribution in [0.15, 0.2) is 36.5 Å². The van der Waals surface area contributed by atoms with Gasteiger partial charge in [-0.3, -0.25) is 9.59 Å². The van der Waals surface area contributed by atoms with E-state index >= 15 is 0 Å². The Morgan fingerprint density at radius 1 is 1.40 bits per heavy atom. The minimum Gasteiger partial charge on any atom is -0.472 e. The van der Waals surface area contributed by atoms with Crippen molar-refractivity contribution in [2.45, 2.75) is 26.0 Å². The summed E-state index contributed by atoms with van der Waals surface area (Å²) in [7, 11) is 3.18. The van der Waals surface area contributed by atoms with Crippen LogP contribution in [0.5, 0.6) is 5.88 Å². The number of likely N-dealkylation sites (N-methyl/N-ethyl adjacent to an activating group) is 1. The summed E-state index contributed by atoms with van der Waals surface area (Å²) < 4.78 is 24.4. The zero-order chi connectivity index (χ0) is 25.5. The van der Waals surface area contributed by atoms with Crippen molar-refractivity contribution in [1.29, 1.82) is 0 Å². The number of ether oxygens (including phenoxy) is 2. The van der Waals surface area contributed by atoms with E-state index < -0.39 is 18.0 Å². The molecule has 0 aliphatic carbocycles. The highest BCUT2D eigenvalue weighted by Crippen LogP contribution is 2.27. The van der Waals surface area contributed by atoms with Gasteiger partial charge in [-0.1, -0.05) is 18.8 Å². The third kappa shape index (κ3) is 6.35. The number of carbonyl (C=O) groups is 2. The van der Waals surface area contributed by atoms with Gasteiger partial charge in [-0.05, 0) is 37.3 Å². The molecule has 1 aromatic carbocycles. The summed E-state index contributed by atoms with van der Waals surface area (Å²) in [5.74, 6) is 4.68. The maximum Gasteiger partial charge on any atom is 0.259 e. The van der Waals surface area contributed by atoms with E-state index in [0.717, 1.165) is 0 Å². The van der Waals surface area contributed by atoms with E-state index in [2.05, 4.69) is 16.8 Å². The Kier molecular flexibility index (Phi) is 8.79. The third-order valence-corrected chi connectivity index (χ3v) is 5.86. The fourth-order valence-electron chi connectivity index (χ4n) is 3.76. The molecule has 2 amide bonds. The lowest BCUT2D eigenvalue weighted by molar-refractivity contribution is 0.0313. The number of pyridine rings is 1. The number of amides is 2. The van der Waals surface area contributed by atoms with E-state index in [1.807, 2.05) is 6.92 Å². The molecule has 35 heavy (non-hydrogen) atoms. The van der Waals surface area contributed by atoms with Crippen molar-refractivity contribution in [2.24, 2.45) is 5.92 Å². The number of carbonyl (C=O) groups excluding carboxylic acids is 2. The Labute approximate surface area is 204 Å². The van der Waals surface area contributed by atoms with Crippen molar-refractivity contribution < 1.29 is 28.6 Å². The van der Waals surface area contributed by atoms with Gasteiger partial charge in [0.1, 0.15) is 24.1 Å². The number of benzene rings is 1. The number of rotatable bonds is 6. The van der Waals surface area contributed by atoms with Gasteiger partial charge in [0.15, 0.2) is 0 Å². The van der Waals surface area contributed by atoms with E-state index in [-0.39, 0.29) is 48.9 Å². The molecule has 0 saturated heterocycles. The highest BCUT2D eigenvalue weighted by Gasteiger charge is 2.34. The van der Waals surface area contributed by atoms with Crippen LogP contribution in [0.4, 0.5) is 4.39 Å². The van der Waals surface area contributed by atoms with Crippen molar-refractivity contribution in [2.75, 3.05) is 40.5 Å². The number of aliphatic hydroxyl groups is 1. The molecule has 3 atom stereocenters. The molecule has 0 spiro atoms. The predicted molar refractivity (Wildman–Crippen MR) is 128 cm³/mol. The van der Waals surface area contributed by atoms with Gasteiger partial charge < -0.3 is 24.4 Å². The molecule has 9 heteroatoms. The molecule has 2 aromatic rings. The lowest BCUT2D eigenvalue weighted by atomic mass is 9.99. The minimum absolute atomic E-state index is 0.140. The number of aliphatic hydroxyl groups excluding tert-OH is 1. The summed E-state index contributed by atoms with van der Waals surface area (Å²) in [6.07, 6.45) is 1.02. The van der Waals surface area contributed by atoms with E-state index in [0.29, 0.717) is 17.7 Å². The van der Waals surface area contributed by atoms with Gasteiger partial charge in [0.05, 0.1) is 19.2 Å². The standard InChI is InChI=1S/C26H30FN3O5/c1-17-14-30(18(2)16-31)26(33)22-12-19(6-5-11-34-4)13-28-24(22)35-23(17)15-29(3)25(32)20-7-9-21(27)10-8-20/h7-10,12-13,17-18,23,31H,11,14-16H2,1-4H3/t17-,18+,23+/m1/s1. The summed E-state index contributed by atoms with van der Waals surface area (Å²) in [5, 5.41) is 9.77. The molecule has 186 valence electrons. The number of aromatic nitrogens is 1. The molecule has 0 unspecified atom stereocenters. The molecule has 0 fully saturated rings. The Hall–Kier alpha value is -3.48. The number of methoxy groups -OCH3 is 1. The number of nitrogens with zero attached hydrogens (tertiary/aromatic N) is 3. The summed E-state index contributed by atoms with van der Waals surface area (Å²) in [6, 6.07) is 6.53. The maximum absolute atomic E-state index is 13.4. The number of halogens is 1. The Bertz CT molecular complexity index is 1110. The first-order valence-electron chi connectivity index (χ1n) is 11.3. The van der Waals surface area contributed by atoms with Gasteiger partial charge in [-0.25, -0.2) is 9.37 Å².